The third-order valence-corrected chi connectivity index (χ3v) is 10.5. The van der Waals surface area contributed by atoms with Gasteiger partial charge in [-0.15, -0.1) is 11.3 Å². The molecule has 48 heavy (non-hydrogen) atoms. The van der Waals surface area contributed by atoms with Crippen molar-refractivity contribution in [2.45, 2.75) is 0 Å². The van der Waals surface area contributed by atoms with Crippen LogP contribution in [0.4, 0.5) is 0 Å². The van der Waals surface area contributed by atoms with E-state index in [1.807, 2.05) is 12.1 Å². The van der Waals surface area contributed by atoms with Gasteiger partial charge in [0.1, 0.15) is 11.2 Å². The minimum atomic E-state index is 0.689. The van der Waals surface area contributed by atoms with Gasteiger partial charge in [-0.1, -0.05) is 127 Å². The van der Waals surface area contributed by atoms with Crippen molar-refractivity contribution in [2.24, 2.45) is 0 Å². The molecule has 7 aromatic carbocycles. The Morgan fingerprint density at radius 3 is 2.08 bits per heavy atom. The van der Waals surface area contributed by atoms with Gasteiger partial charge in [0.15, 0.2) is 5.82 Å². The third-order valence-electron chi connectivity index (χ3n) is 9.31. The number of benzene rings is 7. The Labute approximate surface area is 280 Å². The predicted molar refractivity (Wildman–Crippen MR) is 201 cm³/mol. The first-order valence-corrected chi connectivity index (χ1v) is 16.9. The fourth-order valence-electron chi connectivity index (χ4n) is 7.06. The Hall–Kier alpha value is -6.10. The second-order valence-corrected chi connectivity index (χ2v) is 13.2. The van der Waals surface area contributed by atoms with Crippen molar-refractivity contribution >= 4 is 64.4 Å². The lowest BCUT2D eigenvalue weighted by atomic mass is 9.92. The largest absolute Gasteiger partial charge is 0.455 e. The highest BCUT2D eigenvalue weighted by Crippen LogP contribution is 2.45. The molecule has 0 N–H and O–H groups in total. The summed E-state index contributed by atoms with van der Waals surface area (Å²) in [5.74, 6) is 0.689. The molecule has 4 heteroatoms. The number of fused-ring (bicyclic) bond motifs is 7. The summed E-state index contributed by atoms with van der Waals surface area (Å²) in [5.41, 5.74) is 10.1. The first-order chi connectivity index (χ1) is 23.8. The van der Waals surface area contributed by atoms with Crippen molar-refractivity contribution in [3.8, 4) is 44.9 Å². The molecule has 10 rings (SSSR count). The molecule has 0 aliphatic rings. The minimum Gasteiger partial charge on any atom is -0.455 e. The van der Waals surface area contributed by atoms with E-state index in [1.54, 1.807) is 11.3 Å². The smallest absolute Gasteiger partial charge is 0.161 e. The summed E-state index contributed by atoms with van der Waals surface area (Å²) in [6.45, 7) is 0. The maximum atomic E-state index is 6.74. The summed E-state index contributed by atoms with van der Waals surface area (Å²) in [5, 5.41) is 5.61. The number of rotatable bonds is 4. The van der Waals surface area contributed by atoms with Crippen molar-refractivity contribution in [1.29, 1.82) is 0 Å². The van der Waals surface area contributed by atoms with E-state index in [0.717, 1.165) is 71.1 Å². The van der Waals surface area contributed by atoms with Gasteiger partial charge in [0.25, 0.3) is 0 Å². The first kappa shape index (κ1) is 27.1. The maximum absolute atomic E-state index is 6.74. The van der Waals surface area contributed by atoms with Crippen molar-refractivity contribution in [3.05, 3.63) is 158 Å². The molecule has 0 amide bonds. The Bertz CT molecular complexity index is 2850. The summed E-state index contributed by atoms with van der Waals surface area (Å²) in [6, 6.07) is 55.4. The number of hydrogen-bond acceptors (Lipinski definition) is 4. The second kappa shape index (κ2) is 10.7. The van der Waals surface area contributed by atoms with Crippen LogP contribution < -0.4 is 0 Å². The van der Waals surface area contributed by atoms with Crippen molar-refractivity contribution in [3.63, 3.8) is 0 Å². The molecular weight excluding hydrogens is 605 g/mol. The van der Waals surface area contributed by atoms with Crippen molar-refractivity contribution in [2.75, 3.05) is 0 Å². The predicted octanol–water partition coefficient (Wildman–Crippen LogP) is 12.6. The van der Waals surface area contributed by atoms with E-state index in [-0.39, 0.29) is 0 Å². The fourth-order valence-corrected chi connectivity index (χ4v) is 8.21. The first-order valence-electron chi connectivity index (χ1n) is 16.1. The summed E-state index contributed by atoms with van der Waals surface area (Å²) in [4.78, 5) is 10.7. The molecule has 0 fully saturated rings. The number of aromatic nitrogens is 2. The molecular formula is C44H26N2OS. The third kappa shape index (κ3) is 4.20. The number of nitrogens with zero attached hydrogens (tertiary/aromatic N) is 2. The van der Waals surface area contributed by atoms with Gasteiger partial charge in [-0.3, -0.25) is 0 Å². The fraction of sp³-hybridized carbons (Fsp3) is 0. The van der Waals surface area contributed by atoms with E-state index in [1.165, 1.54) is 21.0 Å². The van der Waals surface area contributed by atoms with Crippen LogP contribution in [0.25, 0.3) is 97.9 Å². The van der Waals surface area contributed by atoms with Crippen LogP contribution in [0.1, 0.15) is 0 Å². The van der Waals surface area contributed by atoms with Crippen molar-refractivity contribution in [1.82, 2.24) is 9.97 Å². The van der Waals surface area contributed by atoms with Crippen LogP contribution in [0, 0.1) is 0 Å². The highest BCUT2D eigenvalue weighted by atomic mass is 32.1. The molecule has 0 atom stereocenters. The highest BCUT2D eigenvalue weighted by Gasteiger charge is 2.23. The second-order valence-electron chi connectivity index (χ2n) is 12.1. The lowest BCUT2D eigenvalue weighted by Crippen LogP contribution is -1.95. The van der Waals surface area contributed by atoms with Crippen LogP contribution in [0.5, 0.6) is 0 Å². The lowest BCUT2D eigenvalue weighted by Gasteiger charge is -2.13. The number of furan rings is 1. The van der Waals surface area contributed by atoms with E-state index in [2.05, 4.69) is 146 Å². The van der Waals surface area contributed by atoms with Gasteiger partial charge < -0.3 is 4.42 Å². The van der Waals surface area contributed by atoms with Gasteiger partial charge in [-0.2, -0.15) is 0 Å². The van der Waals surface area contributed by atoms with Crippen LogP contribution in [-0.4, -0.2) is 9.97 Å². The normalized spacial score (nSPS) is 11.8. The van der Waals surface area contributed by atoms with E-state index < -0.39 is 0 Å². The van der Waals surface area contributed by atoms with Crippen LogP contribution >= 0.6 is 11.3 Å². The summed E-state index contributed by atoms with van der Waals surface area (Å²) in [7, 11) is 0. The topological polar surface area (TPSA) is 38.9 Å². The quantitative estimate of drug-likeness (QED) is 0.194. The average Bonchev–Trinajstić information content (AvgIpc) is 3.73. The van der Waals surface area contributed by atoms with E-state index in [4.69, 9.17) is 14.4 Å². The molecule has 10 aromatic rings. The molecule has 3 nitrogen and oxygen atoms in total. The summed E-state index contributed by atoms with van der Waals surface area (Å²) < 4.78 is 9.04. The zero-order valence-electron chi connectivity index (χ0n) is 25.7. The highest BCUT2D eigenvalue weighted by molar-refractivity contribution is 7.26. The van der Waals surface area contributed by atoms with E-state index >= 15 is 0 Å². The molecule has 0 bridgehead atoms. The van der Waals surface area contributed by atoms with Gasteiger partial charge in [0.05, 0.1) is 15.9 Å². The van der Waals surface area contributed by atoms with Crippen molar-refractivity contribution < 1.29 is 4.42 Å². The molecule has 0 aliphatic carbocycles. The van der Waals surface area contributed by atoms with Crippen LogP contribution in [0.15, 0.2) is 162 Å². The molecule has 0 saturated heterocycles. The summed E-state index contributed by atoms with van der Waals surface area (Å²) >= 11 is 1.76. The Morgan fingerprint density at radius 2 is 1.19 bits per heavy atom. The van der Waals surface area contributed by atoms with Gasteiger partial charge in [-0.25, -0.2) is 9.97 Å². The molecule has 0 radical (unpaired) electrons. The summed E-state index contributed by atoms with van der Waals surface area (Å²) in [6.07, 6.45) is 0. The minimum absolute atomic E-state index is 0.689. The van der Waals surface area contributed by atoms with Gasteiger partial charge in [0, 0.05) is 37.5 Å². The Balaban J connectivity index is 1.28. The molecule has 0 aliphatic heterocycles. The number of hydrogen-bond donors (Lipinski definition) is 0. The number of para-hydroxylation sites is 1. The zero-order valence-corrected chi connectivity index (χ0v) is 26.5. The van der Waals surface area contributed by atoms with E-state index in [9.17, 15) is 0 Å². The van der Waals surface area contributed by atoms with Crippen LogP contribution in [0.2, 0.25) is 0 Å². The Kier molecular flexibility index (Phi) is 6.05. The SMILES string of the molecule is c1ccc(-c2ccccc2-c2ccc(-c3nc(-c4ccc5ccccc5c4)c4sc5ccccc5c4n3)c3c2oc2ccccc23)cc1. The monoisotopic (exact) mass is 630 g/mol. The van der Waals surface area contributed by atoms with Crippen LogP contribution in [-0.2, 0) is 0 Å². The van der Waals surface area contributed by atoms with Gasteiger partial charge in [-0.05, 0) is 57.8 Å². The zero-order chi connectivity index (χ0) is 31.6. The maximum Gasteiger partial charge on any atom is 0.161 e. The molecule has 0 unspecified atom stereocenters. The molecule has 0 saturated carbocycles. The number of thiophene rings is 1. The molecule has 224 valence electrons. The van der Waals surface area contributed by atoms with Gasteiger partial charge in [0.2, 0.25) is 0 Å². The van der Waals surface area contributed by atoms with Crippen LogP contribution in [0.3, 0.4) is 0 Å². The van der Waals surface area contributed by atoms with E-state index in [0.29, 0.717) is 5.82 Å². The average molecular weight is 631 g/mol. The van der Waals surface area contributed by atoms with Gasteiger partial charge >= 0.3 is 0 Å². The molecule has 3 aromatic heterocycles. The standard InChI is InChI=1S/C44H26N2OS/c1-2-13-28(14-3-1)31-16-6-7-17-32(31)33-24-25-36(39-34-18-8-10-20-37(34)47-42(33)39)44-45-40(30-23-22-27-12-4-5-15-29(27)26-30)43-41(46-44)35-19-9-11-21-38(35)48-43/h1-26H. The molecule has 3 heterocycles. The lowest BCUT2D eigenvalue weighted by molar-refractivity contribution is 0.670. The Morgan fingerprint density at radius 1 is 0.479 bits per heavy atom. The molecule has 0 spiro atoms.